The van der Waals surface area contributed by atoms with Gasteiger partial charge < -0.3 is 4.90 Å². The van der Waals surface area contributed by atoms with Gasteiger partial charge in [-0.25, -0.2) is 4.39 Å². The molecule has 1 fully saturated rings. The Balaban J connectivity index is 1.65. The lowest BCUT2D eigenvalue weighted by Gasteiger charge is -2.36. The topological polar surface area (TPSA) is 38.1 Å². The molecule has 4 nitrogen and oxygen atoms in total. The number of piperidine rings is 1. The number of likely N-dealkylation sites (tertiary alicyclic amines) is 1. The van der Waals surface area contributed by atoms with Crippen LogP contribution in [0.2, 0.25) is 0 Å². The molecule has 1 aliphatic rings. The highest BCUT2D eigenvalue weighted by Crippen LogP contribution is 2.33. The molecule has 2 aromatic carbocycles. The number of carbonyl (C=O) groups is 1. The lowest BCUT2D eigenvalue weighted by Crippen LogP contribution is -2.39. The third-order valence-corrected chi connectivity index (χ3v) is 5.17. The highest BCUT2D eigenvalue weighted by atomic mass is 19.1. The fourth-order valence-electron chi connectivity index (χ4n) is 3.80. The van der Waals surface area contributed by atoms with E-state index < -0.39 is 0 Å². The normalized spacial score (nSPS) is 17.1. The third kappa shape index (κ3) is 3.50. The lowest BCUT2D eigenvalue weighted by atomic mass is 9.94. The van der Waals surface area contributed by atoms with E-state index in [2.05, 4.69) is 5.10 Å². The molecule has 1 aromatic heterocycles. The van der Waals surface area contributed by atoms with Gasteiger partial charge >= 0.3 is 0 Å². The number of hydrogen-bond donors (Lipinski definition) is 0. The summed E-state index contributed by atoms with van der Waals surface area (Å²) in [5.74, 6) is -0.321. The van der Waals surface area contributed by atoms with Crippen molar-refractivity contribution in [2.75, 3.05) is 6.54 Å². The number of carbonyl (C=O) groups excluding carboxylic acids is 1. The largest absolute Gasteiger partial charge is 0.330 e. The molecule has 1 amide bonds. The third-order valence-electron chi connectivity index (χ3n) is 5.17. The maximum atomic E-state index is 13.7. The average Bonchev–Trinajstić information content (AvgIpc) is 3.10. The molecule has 27 heavy (non-hydrogen) atoms. The first-order valence-corrected chi connectivity index (χ1v) is 9.29. The number of rotatable bonds is 3. The van der Waals surface area contributed by atoms with Gasteiger partial charge in [-0.2, -0.15) is 5.10 Å². The van der Waals surface area contributed by atoms with Crippen LogP contribution in [0.1, 0.15) is 41.4 Å². The Kier molecular flexibility index (Phi) is 4.75. The van der Waals surface area contributed by atoms with Crippen molar-refractivity contribution >= 4 is 5.91 Å². The van der Waals surface area contributed by atoms with Crippen LogP contribution in [0.3, 0.4) is 0 Å². The van der Waals surface area contributed by atoms with E-state index in [1.54, 1.807) is 17.8 Å². The van der Waals surface area contributed by atoms with Crippen molar-refractivity contribution in [3.8, 4) is 11.3 Å². The second kappa shape index (κ2) is 7.35. The molecule has 1 saturated heterocycles. The van der Waals surface area contributed by atoms with Gasteiger partial charge in [0.05, 0.1) is 11.7 Å². The molecule has 4 rings (SSSR count). The molecule has 0 bridgehead atoms. The average molecular weight is 363 g/mol. The monoisotopic (exact) mass is 363 g/mol. The summed E-state index contributed by atoms with van der Waals surface area (Å²) in [6, 6.07) is 18.1. The number of halogens is 1. The zero-order valence-electron chi connectivity index (χ0n) is 15.3. The Labute approximate surface area is 158 Å². The number of nitrogens with zero attached hydrogens (tertiary/aromatic N) is 3. The molecule has 2 heterocycles. The first kappa shape index (κ1) is 17.5. The summed E-state index contributed by atoms with van der Waals surface area (Å²) in [7, 11) is 1.79. The van der Waals surface area contributed by atoms with E-state index in [4.69, 9.17) is 0 Å². The van der Waals surface area contributed by atoms with Gasteiger partial charge in [0.2, 0.25) is 0 Å². The van der Waals surface area contributed by atoms with E-state index in [0.29, 0.717) is 12.2 Å². The summed E-state index contributed by atoms with van der Waals surface area (Å²) in [5.41, 5.74) is 3.17. The second-order valence-electron chi connectivity index (χ2n) is 6.97. The fraction of sp³-hybridized carbons (Fsp3) is 0.273. The van der Waals surface area contributed by atoms with Crippen molar-refractivity contribution < 1.29 is 9.18 Å². The zero-order chi connectivity index (χ0) is 18.8. The van der Waals surface area contributed by atoms with E-state index in [0.717, 1.165) is 36.1 Å². The minimum Gasteiger partial charge on any atom is -0.330 e. The van der Waals surface area contributed by atoms with Crippen molar-refractivity contribution in [2.24, 2.45) is 7.05 Å². The Morgan fingerprint density at radius 3 is 2.67 bits per heavy atom. The quantitative estimate of drug-likeness (QED) is 0.682. The van der Waals surface area contributed by atoms with Crippen LogP contribution in [0.4, 0.5) is 4.39 Å². The highest BCUT2D eigenvalue weighted by molar-refractivity contribution is 5.94. The molecule has 0 saturated carbocycles. The van der Waals surface area contributed by atoms with Crippen LogP contribution in [-0.2, 0) is 7.05 Å². The maximum Gasteiger partial charge on any atom is 0.272 e. The summed E-state index contributed by atoms with van der Waals surface area (Å²) in [6.07, 6.45) is 2.84. The molecule has 1 aliphatic heterocycles. The molecular formula is C22H22FN3O. The van der Waals surface area contributed by atoms with Crippen LogP contribution in [0.15, 0.2) is 60.7 Å². The van der Waals surface area contributed by atoms with Gasteiger partial charge in [-0.05, 0) is 43.0 Å². The van der Waals surface area contributed by atoms with Crippen LogP contribution in [-0.4, -0.2) is 27.1 Å². The Morgan fingerprint density at radius 2 is 1.89 bits per heavy atom. The van der Waals surface area contributed by atoms with Crippen LogP contribution in [0.25, 0.3) is 11.3 Å². The smallest absolute Gasteiger partial charge is 0.272 e. The minimum absolute atomic E-state index is 0.0545. The Morgan fingerprint density at radius 1 is 1.07 bits per heavy atom. The van der Waals surface area contributed by atoms with Crippen LogP contribution in [0, 0.1) is 5.82 Å². The molecule has 0 N–H and O–H groups in total. The van der Waals surface area contributed by atoms with E-state index in [9.17, 15) is 9.18 Å². The summed E-state index contributed by atoms with van der Waals surface area (Å²) in [6.45, 7) is 0.672. The number of aromatic nitrogens is 2. The fourth-order valence-corrected chi connectivity index (χ4v) is 3.80. The number of aryl methyl sites for hydroxylation is 1. The van der Waals surface area contributed by atoms with Crippen molar-refractivity contribution in [1.29, 1.82) is 0 Å². The molecule has 138 valence electrons. The number of benzene rings is 2. The molecule has 0 spiro atoms. The molecule has 1 unspecified atom stereocenters. The number of amides is 1. The Hall–Kier alpha value is -2.95. The van der Waals surface area contributed by atoms with Crippen LogP contribution >= 0.6 is 0 Å². The Bertz CT molecular complexity index is 951. The van der Waals surface area contributed by atoms with E-state index in [1.807, 2.05) is 47.4 Å². The summed E-state index contributed by atoms with van der Waals surface area (Å²) in [4.78, 5) is 15.2. The van der Waals surface area contributed by atoms with Crippen LogP contribution in [0.5, 0.6) is 0 Å². The zero-order valence-corrected chi connectivity index (χ0v) is 15.3. The molecule has 1 atom stereocenters. The van der Waals surface area contributed by atoms with E-state index >= 15 is 0 Å². The summed E-state index contributed by atoms with van der Waals surface area (Å²) in [5, 5.41) is 4.52. The summed E-state index contributed by atoms with van der Waals surface area (Å²) >= 11 is 0. The van der Waals surface area contributed by atoms with Gasteiger partial charge in [-0.3, -0.25) is 9.48 Å². The van der Waals surface area contributed by atoms with E-state index in [1.165, 1.54) is 12.1 Å². The lowest BCUT2D eigenvalue weighted by molar-refractivity contribution is 0.0599. The molecule has 5 heteroatoms. The minimum atomic E-state index is -0.266. The molecule has 0 radical (unpaired) electrons. The van der Waals surface area contributed by atoms with E-state index in [-0.39, 0.29) is 17.8 Å². The van der Waals surface area contributed by atoms with Crippen LogP contribution < -0.4 is 0 Å². The SMILES string of the molecule is Cn1nc(-c2ccccc2)cc1C(=O)N1CCCCC1c1cccc(F)c1. The molecule has 3 aromatic rings. The summed E-state index contributed by atoms with van der Waals surface area (Å²) < 4.78 is 15.4. The van der Waals surface area contributed by atoms with Crippen molar-refractivity contribution in [1.82, 2.24) is 14.7 Å². The van der Waals surface area contributed by atoms with Gasteiger partial charge in [-0.15, -0.1) is 0 Å². The number of hydrogen-bond acceptors (Lipinski definition) is 2. The van der Waals surface area contributed by atoms with Crippen molar-refractivity contribution in [3.63, 3.8) is 0 Å². The van der Waals surface area contributed by atoms with Gasteiger partial charge in [0.25, 0.3) is 5.91 Å². The molecular weight excluding hydrogens is 341 g/mol. The first-order valence-electron chi connectivity index (χ1n) is 9.29. The standard InChI is InChI=1S/C22H22FN3O/c1-25-21(15-19(24-25)16-8-3-2-4-9-16)22(27)26-13-6-5-12-20(26)17-10-7-11-18(23)14-17/h2-4,7-11,14-15,20H,5-6,12-13H2,1H3. The maximum absolute atomic E-state index is 13.7. The van der Waals surface area contributed by atoms with Crippen molar-refractivity contribution in [3.05, 3.63) is 77.7 Å². The predicted molar refractivity (Wildman–Crippen MR) is 103 cm³/mol. The van der Waals surface area contributed by atoms with Gasteiger partial charge in [0.1, 0.15) is 11.5 Å². The molecule has 0 aliphatic carbocycles. The van der Waals surface area contributed by atoms with Gasteiger partial charge in [0, 0.05) is 19.2 Å². The second-order valence-corrected chi connectivity index (χ2v) is 6.97. The van der Waals surface area contributed by atoms with Gasteiger partial charge in [0.15, 0.2) is 0 Å². The highest BCUT2D eigenvalue weighted by Gasteiger charge is 2.30. The first-order chi connectivity index (χ1) is 13.1. The van der Waals surface area contributed by atoms with Crippen molar-refractivity contribution in [2.45, 2.75) is 25.3 Å². The predicted octanol–water partition coefficient (Wildman–Crippen LogP) is 4.59. The van der Waals surface area contributed by atoms with Gasteiger partial charge in [-0.1, -0.05) is 42.5 Å².